The fourth-order valence-corrected chi connectivity index (χ4v) is 1.45. The van der Waals surface area contributed by atoms with Crippen molar-refractivity contribution in [3.8, 4) is 12.3 Å². The Morgan fingerprint density at radius 2 is 2.20 bits per heavy atom. The highest BCUT2D eigenvalue weighted by Gasteiger charge is 2.04. The third kappa shape index (κ3) is 3.65. The maximum Gasteiger partial charge on any atom is 0.0359 e. The molecule has 0 saturated heterocycles. The van der Waals surface area contributed by atoms with Crippen molar-refractivity contribution in [1.82, 2.24) is 5.32 Å². The first-order valence-electron chi connectivity index (χ1n) is 5.28. The van der Waals surface area contributed by atoms with Crippen LogP contribution in [0.15, 0.2) is 24.3 Å². The lowest BCUT2D eigenvalue weighted by Crippen LogP contribution is -2.27. The number of nitrogens with two attached hydrogens (primary N) is 1. The number of hydrogen-bond acceptors (Lipinski definition) is 2. The summed E-state index contributed by atoms with van der Waals surface area (Å²) in [5, 5.41) is 3.40. The maximum atomic E-state index is 5.84. The van der Waals surface area contributed by atoms with Gasteiger partial charge in [0, 0.05) is 24.7 Å². The molecule has 0 amide bonds. The third-order valence-corrected chi connectivity index (χ3v) is 2.49. The second-order valence-electron chi connectivity index (χ2n) is 3.59. The van der Waals surface area contributed by atoms with Gasteiger partial charge in [-0.15, -0.1) is 12.3 Å². The number of anilines is 1. The quantitative estimate of drug-likeness (QED) is 0.567. The van der Waals surface area contributed by atoms with E-state index in [9.17, 15) is 0 Å². The molecule has 0 saturated carbocycles. The monoisotopic (exact) mass is 202 g/mol. The largest absolute Gasteiger partial charge is 0.398 e. The summed E-state index contributed by atoms with van der Waals surface area (Å²) in [6, 6.07) is 8.27. The summed E-state index contributed by atoms with van der Waals surface area (Å²) in [7, 11) is 0. The van der Waals surface area contributed by atoms with Crippen LogP contribution < -0.4 is 11.1 Å². The second kappa shape index (κ2) is 6.10. The van der Waals surface area contributed by atoms with Crippen molar-refractivity contribution in [2.24, 2.45) is 0 Å². The summed E-state index contributed by atoms with van der Waals surface area (Å²) in [6.45, 7) is 2.91. The summed E-state index contributed by atoms with van der Waals surface area (Å²) in [6.07, 6.45) is 7.09. The minimum Gasteiger partial charge on any atom is -0.398 e. The Balaban J connectivity index is 2.49. The molecule has 0 bridgehead atoms. The average Bonchev–Trinajstić information content (AvgIpc) is 2.26. The highest BCUT2D eigenvalue weighted by atomic mass is 14.9. The van der Waals surface area contributed by atoms with Crippen LogP contribution in [0.5, 0.6) is 0 Å². The van der Waals surface area contributed by atoms with Gasteiger partial charge in [-0.1, -0.05) is 25.1 Å². The van der Waals surface area contributed by atoms with Gasteiger partial charge in [0.05, 0.1) is 0 Å². The van der Waals surface area contributed by atoms with Crippen LogP contribution in [0.3, 0.4) is 0 Å². The van der Waals surface area contributed by atoms with Crippen LogP contribution in [0.25, 0.3) is 0 Å². The zero-order chi connectivity index (χ0) is 11.1. The number of terminal acetylenes is 1. The van der Waals surface area contributed by atoms with Crippen molar-refractivity contribution in [2.75, 3.05) is 5.73 Å². The van der Waals surface area contributed by atoms with E-state index in [0.717, 1.165) is 30.6 Å². The molecule has 0 aromatic heterocycles. The summed E-state index contributed by atoms with van der Waals surface area (Å²) in [4.78, 5) is 0. The van der Waals surface area contributed by atoms with Crippen LogP contribution in [0.4, 0.5) is 5.69 Å². The lowest BCUT2D eigenvalue weighted by Gasteiger charge is -2.14. The fourth-order valence-electron chi connectivity index (χ4n) is 1.45. The Hall–Kier alpha value is -1.46. The van der Waals surface area contributed by atoms with E-state index in [-0.39, 0.29) is 0 Å². The number of benzene rings is 1. The SMILES string of the molecule is C#CCC(CC)NCc1ccccc1N. The first-order chi connectivity index (χ1) is 7.27. The van der Waals surface area contributed by atoms with Crippen LogP contribution in [-0.2, 0) is 6.54 Å². The molecule has 1 aromatic carbocycles. The molecule has 0 aliphatic heterocycles. The molecule has 0 spiro atoms. The van der Waals surface area contributed by atoms with E-state index in [4.69, 9.17) is 12.2 Å². The van der Waals surface area contributed by atoms with Crippen LogP contribution in [0.1, 0.15) is 25.3 Å². The maximum absolute atomic E-state index is 5.84. The minimum atomic E-state index is 0.384. The van der Waals surface area contributed by atoms with Crippen molar-refractivity contribution in [2.45, 2.75) is 32.4 Å². The molecule has 0 aliphatic carbocycles. The normalized spacial score (nSPS) is 12.0. The molecule has 0 aliphatic rings. The van der Waals surface area contributed by atoms with Gasteiger partial charge in [0.25, 0.3) is 0 Å². The van der Waals surface area contributed by atoms with Gasteiger partial charge in [0.1, 0.15) is 0 Å². The van der Waals surface area contributed by atoms with E-state index in [1.807, 2.05) is 24.3 Å². The molecule has 2 heteroatoms. The predicted molar refractivity (Wildman–Crippen MR) is 65.2 cm³/mol. The van der Waals surface area contributed by atoms with Gasteiger partial charge in [-0.2, -0.15) is 0 Å². The molecule has 2 nitrogen and oxygen atoms in total. The lowest BCUT2D eigenvalue weighted by atomic mass is 10.1. The summed E-state index contributed by atoms with van der Waals surface area (Å²) in [5.74, 6) is 2.68. The number of rotatable bonds is 5. The predicted octanol–water partition coefficient (Wildman–Crippen LogP) is 2.16. The van der Waals surface area contributed by atoms with E-state index < -0.39 is 0 Å². The zero-order valence-corrected chi connectivity index (χ0v) is 9.16. The molecular formula is C13H18N2. The van der Waals surface area contributed by atoms with Gasteiger partial charge >= 0.3 is 0 Å². The van der Waals surface area contributed by atoms with Gasteiger partial charge in [0.2, 0.25) is 0 Å². The van der Waals surface area contributed by atoms with Crippen molar-refractivity contribution < 1.29 is 0 Å². The first kappa shape index (κ1) is 11.6. The van der Waals surface area contributed by atoms with Gasteiger partial charge < -0.3 is 11.1 Å². The Bertz CT molecular complexity index is 339. The van der Waals surface area contributed by atoms with E-state index in [1.54, 1.807) is 0 Å². The molecular weight excluding hydrogens is 184 g/mol. The summed E-state index contributed by atoms with van der Waals surface area (Å²) < 4.78 is 0. The Morgan fingerprint density at radius 3 is 2.80 bits per heavy atom. The number of para-hydroxylation sites is 1. The van der Waals surface area contributed by atoms with Crippen LogP contribution >= 0.6 is 0 Å². The van der Waals surface area contributed by atoms with E-state index in [1.165, 1.54) is 0 Å². The standard InChI is InChI=1S/C13H18N2/c1-3-7-12(4-2)15-10-11-8-5-6-9-13(11)14/h1,5-6,8-9,12,15H,4,7,10,14H2,2H3. The van der Waals surface area contributed by atoms with Crippen LogP contribution in [-0.4, -0.2) is 6.04 Å². The van der Waals surface area contributed by atoms with E-state index in [0.29, 0.717) is 6.04 Å². The fraction of sp³-hybridized carbons (Fsp3) is 0.385. The average molecular weight is 202 g/mol. The highest BCUT2D eigenvalue weighted by molar-refractivity contribution is 5.46. The molecule has 0 radical (unpaired) electrons. The van der Waals surface area contributed by atoms with Gasteiger partial charge in [0.15, 0.2) is 0 Å². The molecule has 1 atom stereocenters. The minimum absolute atomic E-state index is 0.384. The van der Waals surface area contributed by atoms with Gasteiger partial charge in [-0.05, 0) is 18.1 Å². The molecule has 15 heavy (non-hydrogen) atoms. The molecule has 0 heterocycles. The van der Waals surface area contributed by atoms with Crippen molar-refractivity contribution in [3.05, 3.63) is 29.8 Å². The van der Waals surface area contributed by atoms with Crippen LogP contribution in [0, 0.1) is 12.3 Å². The van der Waals surface area contributed by atoms with Gasteiger partial charge in [-0.3, -0.25) is 0 Å². The summed E-state index contributed by atoms with van der Waals surface area (Å²) in [5.41, 5.74) is 7.81. The Labute approximate surface area is 91.9 Å². The number of nitrogens with one attached hydrogen (secondary N) is 1. The molecule has 1 unspecified atom stereocenters. The Morgan fingerprint density at radius 1 is 1.47 bits per heavy atom. The van der Waals surface area contributed by atoms with Crippen molar-refractivity contribution >= 4 is 5.69 Å². The number of hydrogen-bond donors (Lipinski definition) is 2. The second-order valence-corrected chi connectivity index (χ2v) is 3.59. The molecule has 1 rings (SSSR count). The van der Waals surface area contributed by atoms with Crippen molar-refractivity contribution in [3.63, 3.8) is 0 Å². The van der Waals surface area contributed by atoms with E-state index in [2.05, 4.69) is 18.2 Å². The highest BCUT2D eigenvalue weighted by Crippen LogP contribution is 2.10. The van der Waals surface area contributed by atoms with E-state index >= 15 is 0 Å². The number of nitrogen functional groups attached to an aromatic ring is 1. The van der Waals surface area contributed by atoms with Gasteiger partial charge in [-0.25, -0.2) is 0 Å². The molecule has 1 aromatic rings. The smallest absolute Gasteiger partial charge is 0.0359 e. The lowest BCUT2D eigenvalue weighted by molar-refractivity contribution is 0.507. The van der Waals surface area contributed by atoms with Crippen LogP contribution in [0.2, 0.25) is 0 Å². The third-order valence-electron chi connectivity index (χ3n) is 2.49. The molecule has 80 valence electrons. The van der Waals surface area contributed by atoms with Crippen molar-refractivity contribution in [1.29, 1.82) is 0 Å². The zero-order valence-electron chi connectivity index (χ0n) is 9.16. The topological polar surface area (TPSA) is 38.0 Å². The Kier molecular flexibility index (Phi) is 4.73. The summed E-state index contributed by atoms with van der Waals surface area (Å²) >= 11 is 0. The molecule has 3 N–H and O–H groups in total. The molecule has 0 fully saturated rings. The first-order valence-corrected chi connectivity index (χ1v) is 5.28.